The Morgan fingerprint density at radius 3 is 2.44 bits per heavy atom. The van der Waals surface area contributed by atoms with Crippen molar-refractivity contribution in [1.82, 2.24) is 0 Å². The van der Waals surface area contributed by atoms with Crippen molar-refractivity contribution in [3.8, 4) is 0 Å². The van der Waals surface area contributed by atoms with Crippen molar-refractivity contribution in [3.63, 3.8) is 0 Å². The molecule has 1 aromatic rings. The van der Waals surface area contributed by atoms with E-state index in [4.69, 9.17) is 5.53 Å². The first-order valence-corrected chi connectivity index (χ1v) is 5.31. The molecule has 0 spiro atoms. The number of nitrogens with one attached hydrogen (secondary N) is 1. The van der Waals surface area contributed by atoms with Crippen LogP contribution in [0, 0.1) is 12.5 Å². The number of nitrogens with zero attached hydrogens (tertiary/aromatic N) is 2. The summed E-state index contributed by atoms with van der Waals surface area (Å²) < 4.78 is 0. The average molecular weight is 217 g/mol. The molecule has 0 aliphatic rings. The van der Waals surface area contributed by atoms with Gasteiger partial charge in [-0.3, -0.25) is 0 Å². The summed E-state index contributed by atoms with van der Waals surface area (Å²) in [6.07, 6.45) is 1.54. The van der Waals surface area contributed by atoms with Gasteiger partial charge < -0.3 is 0 Å². The summed E-state index contributed by atoms with van der Waals surface area (Å²) in [5.41, 5.74) is 10.5. The first-order chi connectivity index (χ1) is 7.41. The van der Waals surface area contributed by atoms with E-state index in [0.29, 0.717) is 0 Å². The van der Waals surface area contributed by atoms with Crippen molar-refractivity contribution in [3.05, 3.63) is 42.1 Å². The minimum atomic E-state index is 0.0922. The van der Waals surface area contributed by atoms with Crippen LogP contribution in [-0.2, 0) is 5.41 Å². The largest absolute Gasteiger partial charge is 0.223 e. The maximum atomic E-state index is 7.10. The second-order valence-corrected chi connectivity index (χ2v) is 4.83. The van der Waals surface area contributed by atoms with Crippen LogP contribution in [0.5, 0.6) is 0 Å². The first kappa shape index (κ1) is 12.4. The third kappa shape index (κ3) is 2.30. The van der Waals surface area contributed by atoms with Gasteiger partial charge in [-0.25, -0.2) is 5.01 Å². The van der Waals surface area contributed by atoms with Crippen LogP contribution in [0.3, 0.4) is 0 Å². The highest BCUT2D eigenvalue weighted by Gasteiger charge is 2.18. The summed E-state index contributed by atoms with van der Waals surface area (Å²) in [4.78, 5) is 0. The van der Waals surface area contributed by atoms with Crippen LogP contribution in [0.25, 0.3) is 0 Å². The topological polar surface area (TPSA) is 39.5 Å². The van der Waals surface area contributed by atoms with E-state index >= 15 is 0 Å². The highest BCUT2D eigenvalue weighted by molar-refractivity contribution is 5.58. The van der Waals surface area contributed by atoms with Gasteiger partial charge in [0.2, 0.25) is 0 Å². The Hall–Kier alpha value is -1.64. The highest BCUT2D eigenvalue weighted by atomic mass is 15.5. The normalized spacial score (nSPS) is 11.0. The van der Waals surface area contributed by atoms with Crippen LogP contribution in [0.15, 0.2) is 36.2 Å². The number of hydrogen-bond acceptors (Lipinski definition) is 2. The Labute approximate surface area is 97.3 Å². The quantitative estimate of drug-likeness (QED) is 0.598. The molecule has 0 fully saturated rings. The number of benzene rings is 1. The van der Waals surface area contributed by atoms with Gasteiger partial charge in [-0.15, -0.1) is 0 Å². The lowest BCUT2D eigenvalue weighted by Gasteiger charge is -2.25. The van der Waals surface area contributed by atoms with Crippen LogP contribution in [0.4, 0.5) is 5.69 Å². The van der Waals surface area contributed by atoms with Crippen molar-refractivity contribution in [2.24, 2.45) is 5.22 Å². The smallest absolute Gasteiger partial charge is 0.0694 e. The molecule has 16 heavy (non-hydrogen) atoms. The fourth-order valence-electron chi connectivity index (χ4n) is 1.88. The van der Waals surface area contributed by atoms with E-state index < -0.39 is 0 Å². The van der Waals surface area contributed by atoms with Crippen LogP contribution < -0.4 is 5.01 Å². The molecule has 1 aromatic carbocycles. The second-order valence-electron chi connectivity index (χ2n) is 4.83. The van der Waals surface area contributed by atoms with Gasteiger partial charge in [0, 0.05) is 6.20 Å². The molecule has 0 radical (unpaired) electrons. The Morgan fingerprint density at radius 1 is 1.38 bits per heavy atom. The first-order valence-electron chi connectivity index (χ1n) is 5.31. The molecule has 86 valence electrons. The molecule has 0 saturated carbocycles. The van der Waals surface area contributed by atoms with E-state index in [1.807, 2.05) is 12.1 Å². The van der Waals surface area contributed by atoms with Crippen LogP contribution >= 0.6 is 0 Å². The van der Waals surface area contributed by atoms with E-state index in [1.165, 1.54) is 10.6 Å². The van der Waals surface area contributed by atoms with Crippen LogP contribution in [0.2, 0.25) is 0 Å². The van der Waals surface area contributed by atoms with Crippen molar-refractivity contribution in [2.75, 3.05) is 5.01 Å². The van der Waals surface area contributed by atoms with Gasteiger partial charge in [0.1, 0.15) is 0 Å². The van der Waals surface area contributed by atoms with Crippen molar-refractivity contribution in [2.45, 2.75) is 33.1 Å². The summed E-state index contributed by atoms with van der Waals surface area (Å²) in [6, 6.07) is 6.05. The summed E-state index contributed by atoms with van der Waals surface area (Å²) in [7, 11) is 0. The molecule has 0 unspecified atom stereocenters. The van der Waals surface area contributed by atoms with E-state index in [1.54, 1.807) is 6.20 Å². The Kier molecular flexibility index (Phi) is 3.48. The summed E-state index contributed by atoms with van der Waals surface area (Å²) in [5, 5.41) is 4.90. The van der Waals surface area contributed by atoms with E-state index in [2.05, 4.69) is 45.6 Å². The molecule has 0 aliphatic heterocycles. The monoisotopic (exact) mass is 217 g/mol. The van der Waals surface area contributed by atoms with Gasteiger partial charge >= 0.3 is 0 Å². The lowest BCUT2D eigenvalue weighted by atomic mass is 9.83. The third-order valence-electron chi connectivity index (χ3n) is 2.64. The molecule has 3 heteroatoms. The van der Waals surface area contributed by atoms with Gasteiger partial charge in [-0.05, 0) is 29.5 Å². The molecule has 0 heterocycles. The second kappa shape index (κ2) is 4.47. The van der Waals surface area contributed by atoms with Gasteiger partial charge in [0.05, 0.1) is 5.69 Å². The number of anilines is 1. The minimum absolute atomic E-state index is 0.0922. The predicted molar refractivity (Wildman–Crippen MR) is 67.7 cm³/mol. The van der Waals surface area contributed by atoms with Gasteiger partial charge in [-0.2, -0.15) is 5.53 Å². The fourth-order valence-corrected chi connectivity index (χ4v) is 1.88. The Morgan fingerprint density at radius 2 is 2.00 bits per heavy atom. The molecule has 3 nitrogen and oxygen atoms in total. The summed E-state index contributed by atoms with van der Waals surface area (Å²) in [5.74, 6) is 0. The van der Waals surface area contributed by atoms with Crippen molar-refractivity contribution < 1.29 is 0 Å². The highest BCUT2D eigenvalue weighted by Crippen LogP contribution is 2.31. The average Bonchev–Trinajstić information content (AvgIpc) is 2.20. The third-order valence-corrected chi connectivity index (χ3v) is 2.64. The zero-order chi connectivity index (χ0) is 12.3. The van der Waals surface area contributed by atoms with E-state index in [0.717, 1.165) is 11.3 Å². The lowest BCUT2D eigenvalue weighted by Crippen LogP contribution is -2.16. The molecule has 0 saturated heterocycles. The number of rotatable bonds is 3. The zero-order valence-electron chi connectivity index (χ0n) is 10.4. The summed E-state index contributed by atoms with van der Waals surface area (Å²) in [6.45, 7) is 12.2. The van der Waals surface area contributed by atoms with Crippen LogP contribution in [0.1, 0.15) is 31.9 Å². The van der Waals surface area contributed by atoms with E-state index in [-0.39, 0.29) is 5.41 Å². The lowest BCUT2D eigenvalue weighted by molar-refractivity contribution is 0.586. The maximum Gasteiger partial charge on any atom is 0.0694 e. The zero-order valence-corrected chi connectivity index (χ0v) is 10.4. The molecule has 0 bridgehead atoms. The van der Waals surface area contributed by atoms with Crippen molar-refractivity contribution in [1.29, 1.82) is 5.53 Å². The standard InChI is InChI=1S/C13H19N3/c1-6-16(15-14)12-9-7-8-11(10(12)2)13(3,4)5/h6-9,14H,1H2,2-5H3. The Balaban J connectivity index is 3.34. The van der Waals surface area contributed by atoms with Crippen molar-refractivity contribution >= 4 is 5.69 Å². The molecule has 0 aliphatic carbocycles. The summed E-state index contributed by atoms with van der Waals surface area (Å²) >= 11 is 0. The fraction of sp³-hybridized carbons (Fsp3) is 0.385. The molecule has 1 N–H and O–H groups in total. The SMILES string of the molecule is C=CN(N=N)c1cccc(C(C)(C)C)c1C. The molecule has 0 amide bonds. The van der Waals surface area contributed by atoms with Gasteiger partial charge in [0.25, 0.3) is 0 Å². The maximum absolute atomic E-state index is 7.10. The van der Waals surface area contributed by atoms with Gasteiger partial charge in [0.15, 0.2) is 0 Å². The molecular formula is C13H19N3. The van der Waals surface area contributed by atoms with Crippen LogP contribution in [-0.4, -0.2) is 0 Å². The van der Waals surface area contributed by atoms with Gasteiger partial charge in [-0.1, -0.05) is 44.7 Å². The molecule has 0 atom stereocenters. The minimum Gasteiger partial charge on any atom is -0.223 e. The molecule has 1 rings (SSSR count). The number of hydrogen-bond donors (Lipinski definition) is 1. The van der Waals surface area contributed by atoms with E-state index in [9.17, 15) is 0 Å². The predicted octanol–water partition coefficient (Wildman–Crippen LogP) is 4.19. The Bertz CT molecular complexity index is 394. The molecule has 0 aromatic heterocycles. The molecular weight excluding hydrogens is 198 g/mol.